The topological polar surface area (TPSA) is 49.9 Å². The quantitative estimate of drug-likeness (QED) is 0.784. The van der Waals surface area contributed by atoms with Crippen LogP contribution in [0.5, 0.6) is 0 Å². The highest BCUT2D eigenvalue weighted by Gasteiger charge is 2.42. The average molecular weight is 366 g/mol. The van der Waals surface area contributed by atoms with Crippen molar-refractivity contribution < 1.29 is 18.7 Å². The fraction of sp³-hybridized carbons (Fsp3) is 0.238. The predicted molar refractivity (Wildman–Crippen MR) is 99.4 cm³/mol. The molecule has 0 atom stereocenters. The Bertz CT molecular complexity index is 931. The third-order valence-electron chi connectivity index (χ3n) is 4.79. The molecule has 2 aliphatic heterocycles. The zero-order chi connectivity index (χ0) is 19.0. The van der Waals surface area contributed by atoms with Crippen molar-refractivity contribution in [3.63, 3.8) is 0 Å². The largest absolute Gasteiger partial charge is 0.378 e. The number of ether oxygens (including phenoxy) is 1. The first-order valence-corrected chi connectivity index (χ1v) is 8.84. The lowest BCUT2D eigenvalue weighted by molar-refractivity contribution is -0.121. The van der Waals surface area contributed by atoms with Gasteiger partial charge in [-0.2, -0.15) is 0 Å². The van der Waals surface area contributed by atoms with Crippen LogP contribution in [0.25, 0.3) is 5.57 Å². The molecule has 0 unspecified atom stereocenters. The van der Waals surface area contributed by atoms with Crippen LogP contribution in [0.4, 0.5) is 10.1 Å². The summed E-state index contributed by atoms with van der Waals surface area (Å²) in [5.74, 6) is -1.36. The minimum Gasteiger partial charge on any atom is -0.378 e. The summed E-state index contributed by atoms with van der Waals surface area (Å²) in [6.07, 6.45) is 0. The summed E-state index contributed by atoms with van der Waals surface area (Å²) in [4.78, 5) is 29.4. The van der Waals surface area contributed by atoms with E-state index in [1.807, 2.05) is 36.1 Å². The lowest BCUT2D eigenvalue weighted by atomic mass is 10.0. The first-order valence-electron chi connectivity index (χ1n) is 8.84. The average Bonchev–Trinajstić information content (AvgIpc) is 2.93. The highest BCUT2D eigenvalue weighted by Crippen LogP contribution is 2.35. The second-order valence-corrected chi connectivity index (χ2v) is 6.61. The summed E-state index contributed by atoms with van der Waals surface area (Å²) in [5, 5.41) is 0. The number of amides is 2. The molecule has 2 aromatic carbocycles. The second-order valence-electron chi connectivity index (χ2n) is 6.61. The van der Waals surface area contributed by atoms with Gasteiger partial charge >= 0.3 is 0 Å². The number of benzene rings is 2. The van der Waals surface area contributed by atoms with E-state index in [-0.39, 0.29) is 5.69 Å². The van der Waals surface area contributed by atoms with E-state index in [2.05, 4.69) is 0 Å². The normalized spacial score (nSPS) is 17.9. The van der Waals surface area contributed by atoms with Gasteiger partial charge in [-0.1, -0.05) is 35.9 Å². The van der Waals surface area contributed by atoms with Gasteiger partial charge < -0.3 is 9.64 Å². The number of morpholine rings is 1. The summed E-state index contributed by atoms with van der Waals surface area (Å²) in [6.45, 7) is 4.00. The summed E-state index contributed by atoms with van der Waals surface area (Å²) in [7, 11) is 0. The first kappa shape index (κ1) is 17.4. The lowest BCUT2D eigenvalue weighted by Crippen LogP contribution is -2.40. The van der Waals surface area contributed by atoms with Crippen LogP contribution >= 0.6 is 0 Å². The molecule has 0 aromatic heterocycles. The molecule has 2 amide bonds. The van der Waals surface area contributed by atoms with Crippen molar-refractivity contribution in [3.05, 3.63) is 71.2 Å². The smallest absolute Gasteiger partial charge is 0.282 e. The number of hydrogen-bond donors (Lipinski definition) is 0. The Morgan fingerprint density at radius 3 is 2.33 bits per heavy atom. The molecule has 1 fully saturated rings. The van der Waals surface area contributed by atoms with Crippen LogP contribution in [0.2, 0.25) is 0 Å². The van der Waals surface area contributed by atoms with Crippen molar-refractivity contribution in [1.29, 1.82) is 0 Å². The Morgan fingerprint density at radius 2 is 1.67 bits per heavy atom. The number of carbonyl (C=O) groups excluding carboxylic acids is 2. The maximum atomic E-state index is 13.7. The maximum Gasteiger partial charge on any atom is 0.282 e. The highest BCUT2D eigenvalue weighted by molar-refractivity contribution is 6.45. The van der Waals surface area contributed by atoms with E-state index < -0.39 is 17.6 Å². The minimum absolute atomic E-state index is 0.234. The Morgan fingerprint density at radius 1 is 0.963 bits per heavy atom. The van der Waals surface area contributed by atoms with Crippen molar-refractivity contribution in [2.75, 3.05) is 31.2 Å². The molecule has 0 spiro atoms. The van der Waals surface area contributed by atoms with Crippen molar-refractivity contribution in [1.82, 2.24) is 4.90 Å². The van der Waals surface area contributed by atoms with Crippen LogP contribution in [0.1, 0.15) is 11.1 Å². The summed E-state index contributed by atoms with van der Waals surface area (Å²) >= 11 is 0. The SMILES string of the molecule is Cc1ccc(C2=C(N3CCOCC3)C(=O)N(c3cccc(F)c3)C2=O)cc1. The van der Waals surface area contributed by atoms with Crippen LogP contribution in [-0.2, 0) is 14.3 Å². The van der Waals surface area contributed by atoms with E-state index >= 15 is 0 Å². The summed E-state index contributed by atoms with van der Waals surface area (Å²) in [6, 6.07) is 13.0. The molecule has 0 radical (unpaired) electrons. The zero-order valence-corrected chi connectivity index (χ0v) is 14.9. The third kappa shape index (κ3) is 3.13. The van der Waals surface area contributed by atoms with Crippen LogP contribution < -0.4 is 4.90 Å². The molecule has 2 aliphatic rings. The number of imide groups is 1. The van der Waals surface area contributed by atoms with Crippen molar-refractivity contribution >= 4 is 23.1 Å². The van der Waals surface area contributed by atoms with Crippen LogP contribution in [0.3, 0.4) is 0 Å². The van der Waals surface area contributed by atoms with Gasteiger partial charge in [-0.15, -0.1) is 0 Å². The van der Waals surface area contributed by atoms with Gasteiger partial charge in [0.1, 0.15) is 11.5 Å². The third-order valence-corrected chi connectivity index (χ3v) is 4.79. The minimum atomic E-state index is -0.496. The van der Waals surface area contributed by atoms with Gasteiger partial charge in [-0.05, 0) is 30.7 Å². The van der Waals surface area contributed by atoms with Gasteiger partial charge in [0.15, 0.2) is 0 Å². The predicted octanol–water partition coefficient (Wildman–Crippen LogP) is 2.75. The number of hydrogen-bond acceptors (Lipinski definition) is 4. The molecule has 6 heteroatoms. The van der Waals surface area contributed by atoms with Crippen molar-refractivity contribution in [2.24, 2.45) is 0 Å². The summed E-state index contributed by atoms with van der Waals surface area (Å²) in [5.41, 5.74) is 2.69. The maximum absolute atomic E-state index is 13.7. The Labute approximate surface area is 156 Å². The van der Waals surface area contributed by atoms with Gasteiger partial charge in [-0.25, -0.2) is 9.29 Å². The fourth-order valence-electron chi connectivity index (χ4n) is 3.43. The zero-order valence-electron chi connectivity index (χ0n) is 14.9. The molecule has 4 rings (SSSR count). The molecule has 5 nitrogen and oxygen atoms in total. The molecular formula is C21H19FN2O3. The van der Waals surface area contributed by atoms with Gasteiger partial charge in [0.05, 0.1) is 24.5 Å². The van der Waals surface area contributed by atoms with Crippen molar-refractivity contribution in [2.45, 2.75) is 6.92 Å². The number of nitrogens with zero attached hydrogens (tertiary/aromatic N) is 2. The van der Waals surface area contributed by atoms with Crippen LogP contribution in [0.15, 0.2) is 54.2 Å². The van der Waals surface area contributed by atoms with Crippen LogP contribution in [0, 0.1) is 12.7 Å². The number of carbonyl (C=O) groups is 2. The van der Waals surface area contributed by atoms with E-state index in [0.29, 0.717) is 43.1 Å². The molecule has 0 N–H and O–H groups in total. The van der Waals surface area contributed by atoms with E-state index in [1.54, 1.807) is 6.07 Å². The first-order chi connectivity index (χ1) is 13.1. The van der Waals surface area contributed by atoms with Gasteiger partial charge in [0.2, 0.25) is 0 Å². The van der Waals surface area contributed by atoms with Crippen molar-refractivity contribution in [3.8, 4) is 0 Å². The van der Waals surface area contributed by atoms with E-state index in [4.69, 9.17) is 4.74 Å². The Hall–Kier alpha value is -2.99. The molecule has 0 bridgehead atoms. The number of halogens is 1. The van der Waals surface area contributed by atoms with Gasteiger partial charge in [-0.3, -0.25) is 9.59 Å². The molecule has 2 heterocycles. The monoisotopic (exact) mass is 366 g/mol. The fourth-order valence-corrected chi connectivity index (χ4v) is 3.43. The van der Waals surface area contributed by atoms with Crippen LogP contribution in [-0.4, -0.2) is 43.0 Å². The Kier molecular flexibility index (Phi) is 4.49. The molecule has 138 valence electrons. The highest BCUT2D eigenvalue weighted by atomic mass is 19.1. The van der Waals surface area contributed by atoms with Gasteiger partial charge in [0.25, 0.3) is 11.8 Å². The van der Waals surface area contributed by atoms with E-state index in [9.17, 15) is 14.0 Å². The standard InChI is InChI=1S/C21H19FN2O3/c1-14-5-7-15(8-6-14)18-19(23-9-11-27-12-10-23)21(26)24(20(18)25)17-4-2-3-16(22)13-17/h2-8,13H,9-12H2,1H3. The molecule has 0 saturated carbocycles. The van der Waals surface area contributed by atoms with E-state index in [0.717, 1.165) is 10.5 Å². The lowest BCUT2D eigenvalue weighted by Gasteiger charge is -2.29. The number of anilines is 1. The molecule has 0 aliphatic carbocycles. The second kappa shape index (κ2) is 6.96. The molecule has 1 saturated heterocycles. The Balaban J connectivity index is 1.83. The number of aryl methyl sites for hydroxylation is 1. The molecular weight excluding hydrogens is 347 g/mol. The molecule has 27 heavy (non-hydrogen) atoms. The summed E-state index contributed by atoms with van der Waals surface area (Å²) < 4.78 is 19.1. The molecule has 2 aromatic rings. The number of rotatable bonds is 3. The van der Waals surface area contributed by atoms with Gasteiger partial charge in [0, 0.05) is 13.1 Å². The van der Waals surface area contributed by atoms with E-state index in [1.165, 1.54) is 18.2 Å².